The van der Waals surface area contributed by atoms with Gasteiger partial charge in [0.15, 0.2) is 0 Å². The number of benzene rings is 1. The monoisotopic (exact) mass is 291 g/mol. The van der Waals surface area contributed by atoms with Gasteiger partial charge in [0, 0.05) is 11.3 Å². The summed E-state index contributed by atoms with van der Waals surface area (Å²) in [5, 5.41) is 21.8. The largest absolute Gasteiger partial charge is 0.481 e. The van der Waals surface area contributed by atoms with Gasteiger partial charge in [-0.1, -0.05) is 31.0 Å². The Morgan fingerprint density at radius 1 is 1.19 bits per heavy atom. The summed E-state index contributed by atoms with van der Waals surface area (Å²) in [6.07, 6.45) is 2.18. The fraction of sp³-hybridized carbons (Fsp3) is 0.500. The van der Waals surface area contributed by atoms with Crippen molar-refractivity contribution in [2.24, 2.45) is 11.8 Å². The SMILES string of the molecule is CC(O)c1ccccc1NC(=O)C1CCCCC1C(=O)O. The highest BCUT2D eigenvalue weighted by atomic mass is 16.4. The van der Waals surface area contributed by atoms with Crippen LogP contribution in [0.15, 0.2) is 24.3 Å². The van der Waals surface area contributed by atoms with E-state index in [0.29, 0.717) is 24.1 Å². The lowest BCUT2D eigenvalue weighted by Crippen LogP contribution is -2.36. The van der Waals surface area contributed by atoms with E-state index in [4.69, 9.17) is 0 Å². The van der Waals surface area contributed by atoms with Crippen LogP contribution >= 0.6 is 0 Å². The van der Waals surface area contributed by atoms with Crippen LogP contribution in [0.1, 0.15) is 44.3 Å². The van der Waals surface area contributed by atoms with E-state index < -0.39 is 23.9 Å². The third-order valence-electron chi connectivity index (χ3n) is 4.09. The van der Waals surface area contributed by atoms with Crippen molar-refractivity contribution in [2.45, 2.75) is 38.7 Å². The number of para-hydroxylation sites is 1. The van der Waals surface area contributed by atoms with Gasteiger partial charge in [-0.2, -0.15) is 0 Å². The molecule has 1 aliphatic carbocycles. The highest BCUT2D eigenvalue weighted by Crippen LogP contribution is 2.32. The van der Waals surface area contributed by atoms with E-state index in [9.17, 15) is 19.8 Å². The van der Waals surface area contributed by atoms with Crippen molar-refractivity contribution in [1.29, 1.82) is 0 Å². The van der Waals surface area contributed by atoms with Crippen molar-refractivity contribution >= 4 is 17.6 Å². The number of carboxylic acids is 1. The number of nitrogens with one attached hydrogen (secondary N) is 1. The van der Waals surface area contributed by atoms with Gasteiger partial charge in [0.1, 0.15) is 0 Å². The Bertz CT molecular complexity index is 527. The molecule has 0 heterocycles. The quantitative estimate of drug-likeness (QED) is 0.795. The topological polar surface area (TPSA) is 86.6 Å². The fourth-order valence-electron chi connectivity index (χ4n) is 2.94. The molecule has 5 nitrogen and oxygen atoms in total. The molecule has 1 aliphatic rings. The van der Waals surface area contributed by atoms with E-state index in [2.05, 4.69) is 5.32 Å². The predicted molar refractivity (Wildman–Crippen MR) is 78.8 cm³/mol. The molecule has 0 spiro atoms. The number of aliphatic hydroxyl groups is 1. The summed E-state index contributed by atoms with van der Waals surface area (Å²) in [5.41, 5.74) is 1.18. The molecule has 0 aliphatic heterocycles. The number of carboxylic acid groups (broad SMARTS) is 1. The van der Waals surface area contributed by atoms with Gasteiger partial charge in [0.25, 0.3) is 0 Å². The standard InChI is InChI=1S/C16H21NO4/c1-10(18)11-6-4-5-9-14(11)17-15(19)12-7-2-3-8-13(12)16(20)21/h4-6,9-10,12-13,18H,2-3,7-8H2,1H3,(H,17,19)(H,20,21). The van der Waals surface area contributed by atoms with Crippen molar-refractivity contribution in [2.75, 3.05) is 5.32 Å². The van der Waals surface area contributed by atoms with Crippen LogP contribution in [0.25, 0.3) is 0 Å². The highest BCUT2D eigenvalue weighted by Gasteiger charge is 2.35. The summed E-state index contributed by atoms with van der Waals surface area (Å²) in [5.74, 6) is -2.29. The zero-order chi connectivity index (χ0) is 15.4. The normalized spacial score (nSPS) is 23.3. The van der Waals surface area contributed by atoms with E-state index in [1.807, 2.05) is 0 Å². The number of rotatable bonds is 4. The lowest BCUT2D eigenvalue weighted by molar-refractivity contribution is -0.147. The Kier molecular flexibility index (Phi) is 4.96. The number of amides is 1. The lowest BCUT2D eigenvalue weighted by atomic mass is 9.78. The minimum Gasteiger partial charge on any atom is -0.481 e. The van der Waals surface area contributed by atoms with Gasteiger partial charge in [-0.3, -0.25) is 9.59 Å². The minimum atomic E-state index is -0.904. The summed E-state index contributed by atoms with van der Waals surface area (Å²) < 4.78 is 0. The average Bonchev–Trinajstić information content (AvgIpc) is 2.47. The summed E-state index contributed by atoms with van der Waals surface area (Å²) >= 11 is 0. The first kappa shape index (κ1) is 15.5. The van der Waals surface area contributed by atoms with E-state index >= 15 is 0 Å². The molecule has 21 heavy (non-hydrogen) atoms. The molecule has 1 aromatic carbocycles. The molecule has 5 heteroatoms. The lowest BCUT2D eigenvalue weighted by Gasteiger charge is -2.27. The second-order valence-electron chi connectivity index (χ2n) is 5.59. The summed E-state index contributed by atoms with van der Waals surface area (Å²) in [4.78, 5) is 23.7. The molecule has 2 rings (SSSR count). The Hall–Kier alpha value is -1.88. The van der Waals surface area contributed by atoms with Crippen LogP contribution in [0.5, 0.6) is 0 Å². The molecule has 1 amide bonds. The Morgan fingerprint density at radius 2 is 1.81 bits per heavy atom. The second-order valence-corrected chi connectivity index (χ2v) is 5.59. The van der Waals surface area contributed by atoms with Crippen LogP contribution in [-0.2, 0) is 9.59 Å². The Morgan fingerprint density at radius 3 is 2.43 bits per heavy atom. The maximum Gasteiger partial charge on any atom is 0.307 e. The molecule has 0 aromatic heterocycles. The number of anilines is 1. The van der Waals surface area contributed by atoms with Crippen molar-refractivity contribution < 1.29 is 19.8 Å². The average molecular weight is 291 g/mol. The van der Waals surface area contributed by atoms with Crippen LogP contribution in [0.2, 0.25) is 0 Å². The van der Waals surface area contributed by atoms with E-state index in [1.165, 1.54) is 0 Å². The number of aliphatic hydroxyl groups excluding tert-OH is 1. The minimum absolute atomic E-state index is 0.268. The number of hydrogen-bond donors (Lipinski definition) is 3. The summed E-state index contributed by atoms with van der Waals surface area (Å²) in [6.45, 7) is 1.63. The van der Waals surface area contributed by atoms with E-state index in [0.717, 1.165) is 12.8 Å². The first-order valence-electron chi connectivity index (χ1n) is 7.31. The molecule has 3 atom stereocenters. The molecular weight excluding hydrogens is 270 g/mol. The maximum atomic E-state index is 12.4. The molecule has 1 aromatic rings. The smallest absolute Gasteiger partial charge is 0.307 e. The summed E-state index contributed by atoms with van der Waals surface area (Å²) in [7, 11) is 0. The Labute approximate surface area is 124 Å². The van der Waals surface area contributed by atoms with E-state index in [1.54, 1.807) is 31.2 Å². The van der Waals surface area contributed by atoms with Crippen molar-refractivity contribution in [3.8, 4) is 0 Å². The van der Waals surface area contributed by atoms with Gasteiger partial charge in [-0.15, -0.1) is 0 Å². The van der Waals surface area contributed by atoms with Crippen molar-refractivity contribution in [3.05, 3.63) is 29.8 Å². The molecule has 0 bridgehead atoms. The van der Waals surface area contributed by atoms with Gasteiger partial charge >= 0.3 is 5.97 Å². The third kappa shape index (κ3) is 3.61. The highest BCUT2D eigenvalue weighted by molar-refractivity contribution is 5.95. The molecule has 0 saturated heterocycles. The molecule has 1 saturated carbocycles. The van der Waals surface area contributed by atoms with Crippen molar-refractivity contribution in [3.63, 3.8) is 0 Å². The zero-order valence-corrected chi connectivity index (χ0v) is 12.1. The van der Waals surface area contributed by atoms with Crippen LogP contribution in [0, 0.1) is 11.8 Å². The van der Waals surface area contributed by atoms with Gasteiger partial charge in [0.2, 0.25) is 5.91 Å². The zero-order valence-electron chi connectivity index (χ0n) is 12.1. The fourth-order valence-corrected chi connectivity index (χ4v) is 2.94. The van der Waals surface area contributed by atoms with Crippen LogP contribution in [0.3, 0.4) is 0 Å². The predicted octanol–water partition coefficient (Wildman–Crippen LogP) is 2.57. The molecular formula is C16H21NO4. The molecule has 0 radical (unpaired) electrons. The molecule has 114 valence electrons. The number of carbonyl (C=O) groups excluding carboxylic acids is 1. The molecule has 1 fully saturated rings. The maximum absolute atomic E-state index is 12.4. The van der Waals surface area contributed by atoms with E-state index in [-0.39, 0.29) is 5.91 Å². The van der Waals surface area contributed by atoms with Crippen LogP contribution in [-0.4, -0.2) is 22.1 Å². The number of carbonyl (C=O) groups is 2. The molecule has 3 N–H and O–H groups in total. The van der Waals surface area contributed by atoms with Gasteiger partial charge in [0.05, 0.1) is 17.9 Å². The summed E-state index contributed by atoms with van der Waals surface area (Å²) in [6, 6.07) is 7.03. The van der Waals surface area contributed by atoms with Gasteiger partial charge in [-0.05, 0) is 25.8 Å². The Balaban J connectivity index is 2.15. The number of aliphatic carboxylic acids is 1. The van der Waals surface area contributed by atoms with Crippen LogP contribution < -0.4 is 5.32 Å². The van der Waals surface area contributed by atoms with Crippen LogP contribution in [0.4, 0.5) is 5.69 Å². The number of hydrogen-bond acceptors (Lipinski definition) is 3. The first-order chi connectivity index (χ1) is 10.0. The first-order valence-corrected chi connectivity index (χ1v) is 7.31. The van der Waals surface area contributed by atoms with Gasteiger partial charge < -0.3 is 15.5 Å². The van der Waals surface area contributed by atoms with Crippen molar-refractivity contribution in [1.82, 2.24) is 0 Å². The second kappa shape index (κ2) is 6.72. The van der Waals surface area contributed by atoms with Gasteiger partial charge in [-0.25, -0.2) is 0 Å². The third-order valence-corrected chi connectivity index (χ3v) is 4.09. The molecule has 3 unspecified atom stereocenters.